The van der Waals surface area contributed by atoms with E-state index in [2.05, 4.69) is 4.98 Å². The highest BCUT2D eigenvalue weighted by Crippen LogP contribution is 2.33. The van der Waals surface area contributed by atoms with Gasteiger partial charge in [0.05, 0.1) is 6.54 Å². The lowest BCUT2D eigenvalue weighted by Gasteiger charge is -2.30. The summed E-state index contributed by atoms with van der Waals surface area (Å²) < 4.78 is 26.7. The number of fused-ring (bicyclic) bond motifs is 1. The summed E-state index contributed by atoms with van der Waals surface area (Å²) in [5, 5.41) is 0. The van der Waals surface area contributed by atoms with Crippen LogP contribution in [-0.4, -0.2) is 23.5 Å². The molecule has 2 rings (SSSR count). The molecule has 2 nitrogen and oxygen atoms in total. The Bertz CT molecular complexity index is 325. The largest absolute Gasteiger partial charge is 0.302 e. The molecule has 0 amide bonds. The molecule has 0 unspecified atom stereocenters. The Morgan fingerprint density at radius 1 is 1.54 bits per heavy atom. The Labute approximate surface area is 75.2 Å². The predicted octanol–water partition coefficient (Wildman–Crippen LogP) is 1.62. The highest BCUT2D eigenvalue weighted by atomic mass is 19.3. The maximum Gasteiger partial charge on any atom is 0.302 e. The number of nitrogens with zero attached hydrogens (tertiary/aromatic N) is 2. The average Bonchev–Trinajstić information content (AvgIpc) is 2.02. The van der Waals surface area contributed by atoms with Crippen LogP contribution >= 0.6 is 0 Å². The van der Waals surface area contributed by atoms with E-state index < -0.39 is 5.92 Å². The van der Waals surface area contributed by atoms with Gasteiger partial charge in [0.2, 0.25) is 0 Å². The molecular weight excluding hydrogens is 174 g/mol. The number of halogens is 2. The lowest BCUT2D eigenvalue weighted by molar-refractivity contribution is -0.0497. The fourth-order valence-electron chi connectivity index (χ4n) is 1.66. The normalized spacial score (nSPS) is 21.2. The number of hydrogen-bond acceptors (Lipinski definition) is 2. The number of aromatic nitrogens is 1. The maximum absolute atomic E-state index is 13.3. The highest BCUT2D eigenvalue weighted by Gasteiger charge is 2.40. The van der Waals surface area contributed by atoms with Gasteiger partial charge in [-0.05, 0) is 18.7 Å². The molecule has 1 aromatic rings. The lowest BCUT2D eigenvalue weighted by atomic mass is 10.0. The first-order chi connectivity index (χ1) is 6.09. The Balaban J connectivity index is 2.50. The van der Waals surface area contributed by atoms with E-state index in [9.17, 15) is 8.78 Å². The zero-order chi connectivity index (χ0) is 9.47. The quantitative estimate of drug-likeness (QED) is 0.609. The Morgan fingerprint density at radius 2 is 2.31 bits per heavy atom. The Kier molecular flexibility index (Phi) is 1.80. The van der Waals surface area contributed by atoms with E-state index in [1.165, 1.54) is 6.20 Å². The van der Waals surface area contributed by atoms with Crippen molar-refractivity contribution < 1.29 is 8.78 Å². The van der Waals surface area contributed by atoms with Crippen LogP contribution in [0.1, 0.15) is 11.3 Å². The minimum atomic E-state index is -2.80. The summed E-state index contributed by atoms with van der Waals surface area (Å²) in [4.78, 5) is 5.33. The van der Waals surface area contributed by atoms with Gasteiger partial charge in [-0.15, -0.1) is 0 Å². The molecular formula is C9H10F2N2. The molecule has 2 heterocycles. The Morgan fingerprint density at radius 3 is 3.08 bits per heavy atom. The minimum absolute atomic E-state index is 0.0619. The van der Waals surface area contributed by atoms with Crippen molar-refractivity contribution in [1.82, 2.24) is 9.88 Å². The SMILES string of the molecule is CN1Cc2cccnc2C(F)(F)C1. The Hall–Kier alpha value is -1.03. The summed E-state index contributed by atoms with van der Waals surface area (Å²) in [6.07, 6.45) is 1.41. The van der Waals surface area contributed by atoms with Crippen molar-refractivity contribution in [3.63, 3.8) is 0 Å². The number of pyridine rings is 1. The van der Waals surface area contributed by atoms with E-state index in [1.54, 1.807) is 24.1 Å². The van der Waals surface area contributed by atoms with Crippen molar-refractivity contribution in [2.45, 2.75) is 12.5 Å². The van der Waals surface area contributed by atoms with Gasteiger partial charge in [0, 0.05) is 12.7 Å². The maximum atomic E-state index is 13.3. The first kappa shape index (κ1) is 8.56. The zero-order valence-electron chi connectivity index (χ0n) is 7.30. The molecule has 0 aromatic carbocycles. The van der Waals surface area contributed by atoms with Crippen molar-refractivity contribution in [2.75, 3.05) is 13.6 Å². The number of rotatable bonds is 0. The fraction of sp³-hybridized carbons (Fsp3) is 0.444. The standard InChI is InChI=1S/C9H10F2N2/c1-13-5-7-3-2-4-12-8(7)9(10,11)6-13/h2-4H,5-6H2,1H3. The van der Waals surface area contributed by atoms with Crippen LogP contribution < -0.4 is 0 Å². The van der Waals surface area contributed by atoms with Crippen molar-refractivity contribution in [3.05, 3.63) is 29.6 Å². The van der Waals surface area contributed by atoms with Gasteiger partial charge >= 0.3 is 5.92 Å². The predicted molar refractivity (Wildman–Crippen MR) is 44.5 cm³/mol. The van der Waals surface area contributed by atoms with Crippen LogP contribution in [0, 0.1) is 0 Å². The molecule has 0 saturated heterocycles. The summed E-state index contributed by atoms with van der Waals surface area (Å²) in [6, 6.07) is 3.39. The second-order valence-electron chi connectivity index (χ2n) is 3.39. The zero-order valence-corrected chi connectivity index (χ0v) is 7.30. The molecule has 0 aliphatic carbocycles. The highest BCUT2D eigenvalue weighted by molar-refractivity contribution is 5.26. The minimum Gasteiger partial charge on any atom is -0.296 e. The van der Waals surface area contributed by atoms with Crippen molar-refractivity contribution in [3.8, 4) is 0 Å². The van der Waals surface area contributed by atoms with Crippen LogP contribution in [0.2, 0.25) is 0 Å². The van der Waals surface area contributed by atoms with E-state index in [1.807, 2.05) is 0 Å². The van der Waals surface area contributed by atoms with Gasteiger partial charge in [0.25, 0.3) is 0 Å². The molecule has 0 spiro atoms. The number of hydrogen-bond donors (Lipinski definition) is 0. The number of alkyl halides is 2. The van der Waals surface area contributed by atoms with Gasteiger partial charge in [-0.3, -0.25) is 9.88 Å². The van der Waals surface area contributed by atoms with Gasteiger partial charge in [0.15, 0.2) is 0 Å². The molecule has 1 aromatic heterocycles. The third-order valence-electron chi connectivity index (χ3n) is 2.15. The fourth-order valence-corrected chi connectivity index (χ4v) is 1.66. The molecule has 0 fully saturated rings. The van der Waals surface area contributed by atoms with Gasteiger partial charge in [-0.25, -0.2) is 0 Å². The summed E-state index contributed by atoms with van der Waals surface area (Å²) in [5.74, 6) is -2.80. The summed E-state index contributed by atoms with van der Waals surface area (Å²) in [5.41, 5.74) is 0.564. The monoisotopic (exact) mass is 184 g/mol. The van der Waals surface area contributed by atoms with E-state index in [0.29, 0.717) is 12.1 Å². The molecule has 0 N–H and O–H groups in total. The van der Waals surface area contributed by atoms with Crippen molar-refractivity contribution >= 4 is 0 Å². The van der Waals surface area contributed by atoms with Crippen LogP contribution in [0.4, 0.5) is 8.78 Å². The lowest BCUT2D eigenvalue weighted by Crippen LogP contribution is -2.38. The molecule has 70 valence electrons. The van der Waals surface area contributed by atoms with E-state index >= 15 is 0 Å². The molecule has 13 heavy (non-hydrogen) atoms. The van der Waals surface area contributed by atoms with Crippen molar-refractivity contribution in [2.24, 2.45) is 0 Å². The summed E-state index contributed by atoms with van der Waals surface area (Å²) in [7, 11) is 1.68. The number of likely N-dealkylation sites (N-methyl/N-ethyl adjacent to an activating group) is 1. The van der Waals surface area contributed by atoms with Crippen LogP contribution in [-0.2, 0) is 12.5 Å². The molecule has 0 saturated carbocycles. The van der Waals surface area contributed by atoms with E-state index in [4.69, 9.17) is 0 Å². The topological polar surface area (TPSA) is 16.1 Å². The van der Waals surface area contributed by atoms with Crippen LogP contribution in [0.3, 0.4) is 0 Å². The first-order valence-corrected chi connectivity index (χ1v) is 4.10. The van der Waals surface area contributed by atoms with Crippen LogP contribution in [0.5, 0.6) is 0 Å². The van der Waals surface area contributed by atoms with E-state index in [-0.39, 0.29) is 12.2 Å². The molecule has 4 heteroatoms. The summed E-state index contributed by atoms with van der Waals surface area (Å²) in [6.45, 7) is 0.315. The average molecular weight is 184 g/mol. The molecule has 0 radical (unpaired) electrons. The van der Waals surface area contributed by atoms with Crippen LogP contribution in [0.25, 0.3) is 0 Å². The van der Waals surface area contributed by atoms with Gasteiger partial charge in [-0.2, -0.15) is 8.78 Å². The molecule has 0 atom stereocenters. The second kappa shape index (κ2) is 2.73. The summed E-state index contributed by atoms with van der Waals surface area (Å²) >= 11 is 0. The smallest absolute Gasteiger partial charge is 0.296 e. The van der Waals surface area contributed by atoms with E-state index in [0.717, 1.165) is 0 Å². The second-order valence-corrected chi connectivity index (χ2v) is 3.39. The van der Waals surface area contributed by atoms with Crippen LogP contribution in [0.15, 0.2) is 18.3 Å². The third-order valence-corrected chi connectivity index (χ3v) is 2.15. The van der Waals surface area contributed by atoms with Crippen molar-refractivity contribution in [1.29, 1.82) is 0 Å². The molecule has 1 aliphatic heterocycles. The van der Waals surface area contributed by atoms with Gasteiger partial charge in [0.1, 0.15) is 5.69 Å². The molecule has 1 aliphatic rings. The first-order valence-electron chi connectivity index (χ1n) is 4.10. The van der Waals surface area contributed by atoms with Gasteiger partial charge in [-0.1, -0.05) is 6.07 Å². The molecule has 0 bridgehead atoms. The van der Waals surface area contributed by atoms with Gasteiger partial charge < -0.3 is 0 Å². The third kappa shape index (κ3) is 1.42.